The van der Waals surface area contributed by atoms with E-state index in [1.807, 2.05) is 24.3 Å². The van der Waals surface area contributed by atoms with Gasteiger partial charge in [-0.15, -0.1) is 0 Å². The number of benzene rings is 1. The Labute approximate surface area is 180 Å². The van der Waals surface area contributed by atoms with Gasteiger partial charge < -0.3 is 21.1 Å². The smallest absolute Gasteiger partial charge is 0.255 e. The number of fused-ring (bicyclic) bond motifs is 1. The minimum absolute atomic E-state index is 0.281. The number of hydrogen-bond donors (Lipinski definition) is 4. The molecule has 1 aromatic carbocycles. The van der Waals surface area contributed by atoms with Gasteiger partial charge in [-0.05, 0) is 50.3 Å². The topological polar surface area (TPSA) is 99.2 Å². The molecule has 1 amide bonds. The van der Waals surface area contributed by atoms with Crippen molar-refractivity contribution in [2.75, 3.05) is 17.2 Å². The van der Waals surface area contributed by atoms with Gasteiger partial charge in [0.1, 0.15) is 12.0 Å². The third-order valence-electron chi connectivity index (χ3n) is 5.21. The van der Waals surface area contributed by atoms with Gasteiger partial charge in [-0.25, -0.2) is 9.37 Å². The summed E-state index contributed by atoms with van der Waals surface area (Å²) in [6.45, 7) is 2.46. The van der Waals surface area contributed by atoms with Crippen LogP contribution in [-0.2, 0) is 0 Å². The Balaban J connectivity index is 1.52. The third-order valence-corrected chi connectivity index (χ3v) is 5.21. The lowest BCUT2D eigenvalue weighted by Crippen LogP contribution is -2.42. The SMILES string of the molecule is CC(C)(O)[C@H](F)CNC(=O)c1cnc(Nc2ccc3ccncc3c2)cc1NC1CC1. The molecule has 0 saturated heterocycles. The van der Waals surface area contributed by atoms with Crippen molar-refractivity contribution >= 4 is 33.9 Å². The molecule has 0 bridgehead atoms. The highest BCUT2D eigenvalue weighted by atomic mass is 19.1. The largest absolute Gasteiger partial charge is 0.387 e. The highest BCUT2D eigenvalue weighted by Crippen LogP contribution is 2.29. The molecule has 162 valence electrons. The van der Waals surface area contributed by atoms with Crippen LogP contribution in [-0.4, -0.2) is 45.3 Å². The van der Waals surface area contributed by atoms with Crippen molar-refractivity contribution in [3.63, 3.8) is 0 Å². The van der Waals surface area contributed by atoms with E-state index in [1.165, 1.54) is 20.0 Å². The van der Waals surface area contributed by atoms with Gasteiger partial charge in [0, 0.05) is 41.8 Å². The minimum Gasteiger partial charge on any atom is -0.387 e. The molecule has 4 rings (SSSR count). The molecule has 0 unspecified atom stereocenters. The van der Waals surface area contributed by atoms with E-state index in [0.29, 0.717) is 23.1 Å². The van der Waals surface area contributed by atoms with Crippen LogP contribution in [0, 0.1) is 0 Å². The molecule has 3 aromatic rings. The second-order valence-corrected chi connectivity index (χ2v) is 8.43. The van der Waals surface area contributed by atoms with Crippen LogP contribution in [0.3, 0.4) is 0 Å². The molecule has 2 aromatic heterocycles. The summed E-state index contributed by atoms with van der Waals surface area (Å²) in [5.41, 5.74) is 0.304. The highest BCUT2D eigenvalue weighted by molar-refractivity contribution is 6.00. The molecule has 0 aliphatic heterocycles. The maximum atomic E-state index is 14.0. The monoisotopic (exact) mass is 423 g/mol. The number of aromatic nitrogens is 2. The molecule has 1 saturated carbocycles. The van der Waals surface area contributed by atoms with Crippen molar-refractivity contribution < 1.29 is 14.3 Å². The zero-order valence-electron chi connectivity index (χ0n) is 17.5. The highest BCUT2D eigenvalue weighted by Gasteiger charge is 2.28. The third kappa shape index (κ3) is 5.27. The van der Waals surface area contributed by atoms with Gasteiger partial charge in [0.05, 0.1) is 23.4 Å². The Kier molecular flexibility index (Phi) is 5.73. The average Bonchev–Trinajstić information content (AvgIpc) is 3.55. The Morgan fingerprint density at radius 2 is 2.03 bits per heavy atom. The van der Waals surface area contributed by atoms with E-state index >= 15 is 0 Å². The normalized spacial score (nSPS) is 14.8. The van der Waals surface area contributed by atoms with E-state index in [-0.39, 0.29) is 6.54 Å². The van der Waals surface area contributed by atoms with Crippen molar-refractivity contribution in [3.05, 3.63) is 54.5 Å². The molecule has 1 atom stereocenters. The van der Waals surface area contributed by atoms with E-state index in [1.54, 1.807) is 18.5 Å². The fourth-order valence-corrected chi connectivity index (χ4v) is 3.11. The van der Waals surface area contributed by atoms with Crippen molar-refractivity contribution in [1.29, 1.82) is 0 Å². The lowest BCUT2D eigenvalue weighted by atomic mass is 10.0. The Bertz CT molecular complexity index is 1090. The quantitative estimate of drug-likeness (QED) is 0.440. The number of pyridine rings is 2. The van der Waals surface area contributed by atoms with E-state index in [4.69, 9.17) is 0 Å². The second kappa shape index (κ2) is 8.47. The van der Waals surface area contributed by atoms with Crippen LogP contribution in [0.25, 0.3) is 10.8 Å². The fraction of sp³-hybridized carbons (Fsp3) is 0.348. The molecular formula is C23H26FN5O2. The van der Waals surface area contributed by atoms with E-state index in [9.17, 15) is 14.3 Å². The van der Waals surface area contributed by atoms with Crippen LogP contribution in [0.1, 0.15) is 37.0 Å². The molecule has 7 nitrogen and oxygen atoms in total. The Morgan fingerprint density at radius 3 is 2.77 bits per heavy atom. The summed E-state index contributed by atoms with van der Waals surface area (Å²) in [5, 5.41) is 21.0. The molecule has 1 aliphatic rings. The van der Waals surface area contributed by atoms with E-state index < -0.39 is 17.7 Å². The van der Waals surface area contributed by atoms with Gasteiger partial charge in [0.25, 0.3) is 5.91 Å². The summed E-state index contributed by atoms with van der Waals surface area (Å²) in [6.07, 6.45) is 5.52. The van der Waals surface area contributed by atoms with Gasteiger partial charge in [-0.1, -0.05) is 6.07 Å². The molecule has 0 spiro atoms. The van der Waals surface area contributed by atoms with Crippen LogP contribution in [0.2, 0.25) is 0 Å². The first-order valence-corrected chi connectivity index (χ1v) is 10.3. The van der Waals surface area contributed by atoms with Crippen LogP contribution < -0.4 is 16.0 Å². The number of carbonyl (C=O) groups is 1. The number of nitrogens with zero attached hydrogens (tertiary/aromatic N) is 2. The number of rotatable bonds is 8. The molecule has 1 aliphatic carbocycles. The number of hydrogen-bond acceptors (Lipinski definition) is 6. The Hall–Kier alpha value is -3.26. The number of nitrogens with one attached hydrogen (secondary N) is 3. The first-order valence-electron chi connectivity index (χ1n) is 10.3. The fourth-order valence-electron chi connectivity index (χ4n) is 3.11. The van der Waals surface area contributed by atoms with E-state index in [2.05, 4.69) is 25.9 Å². The van der Waals surface area contributed by atoms with Gasteiger partial charge in [0.2, 0.25) is 0 Å². The first-order chi connectivity index (χ1) is 14.8. The van der Waals surface area contributed by atoms with Crippen molar-refractivity contribution in [2.45, 2.75) is 44.5 Å². The van der Waals surface area contributed by atoms with Crippen molar-refractivity contribution in [3.8, 4) is 0 Å². The number of carbonyl (C=O) groups excluding carboxylic acids is 1. The number of alkyl halides is 1. The Morgan fingerprint density at radius 1 is 1.23 bits per heavy atom. The number of aliphatic hydroxyl groups is 1. The van der Waals surface area contributed by atoms with E-state index in [0.717, 1.165) is 29.3 Å². The molecule has 2 heterocycles. The van der Waals surface area contributed by atoms with Crippen molar-refractivity contribution in [2.24, 2.45) is 0 Å². The molecule has 4 N–H and O–H groups in total. The molecular weight excluding hydrogens is 397 g/mol. The standard InChI is InChI=1S/C23H26FN5O2/c1-23(2,31)20(24)13-27-22(30)18-12-26-21(10-19(18)28-16-5-6-16)29-17-4-3-14-7-8-25-11-15(14)9-17/h3-4,7-12,16,20,31H,5-6,13H2,1-2H3,(H,27,30)(H2,26,28,29)/t20-/m1/s1. The van der Waals surface area contributed by atoms with Gasteiger partial charge >= 0.3 is 0 Å². The maximum absolute atomic E-state index is 14.0. The van der Waals surface area contributed by atoms with Crippen LogP contribution >= 0.6 is 0 Å². The molecule has 8 heteroatoms. The number of anilines is 3. The summed E-state index contributed by atoms with van der Waals surface area (Å²) < 4.78 is 14.0. The summed E-state index contributed by atoms with van der Waals surface area (Å²) >= 11 is 0. The summed E-state index contributed by atoms with van der Waals surface area (Å²) in [5.74, 6) is 0.147. The predicted octanol–water partition coefficient (Wildman–Crippen LogP) is 3.79. The van der Waals surface area contributed by atoms with Gasteiger partial charge in [-0.2, -0.15) is 0 Å². The number of amides is 1. The van der Waals surface area contributed by atoms with Crippen LogP contribution in [0.15, 0.2) is 48.9 Å². The first kappa shape index (κ1) is 21.0. The molecule has 0 radical (unpaired) electrons. The van der Waals surface area contributed by atoms with Crippen molar-refractivity contribution in [1.82, 2.24) is 15.3 Å². The lowest BCUT2D eigenvalue weighted by molar-refractivity contribution is -0.00177. The summed E-state index contributed by atoms with van der Waals surface area (Å²) in [7, 11) is 0. The second-order valence-electron chi connectivity index (χ2n) is 8.43. The summed E-state index contributed by atoms with van der Waals surface area (Å²) in [4.78, 5) is 21.2. The van der Waals surface area contributed by atoms with Crippen LogP contribution in [0.4, 0.5) is 21.6 Å². The molecule has 31 heavy (non-hydrogen) atoms. The van der Waals surface area contributed by atoms with Gasteiger partial charge in [-0.3, -0.25) is 9.78 Å². The number of halogens is 1. The predicted molar refractivity (Wildman–Crippen MR) is 119 cm³/mol. The molecule has 1 fully saturated rings. The zero-order chi connectivity index (χ0) is 22.0. The minimum atomic E-state index is -1.58. The lowest BCUT2D eigenvalue weighted by Gasteiger charge is -2.22. The average molecular weight is 423 g/mol. The zero-order valence-corrected chi connectivity index (χ0v) is 17.5. The van der Waals surface area contributed by atoms with Gasteiger partial charge in [0.15, 0.2) is 0 Å². The van der Waals surface area contributed by atoms with Crippen LogP contribution in [0.5, 0.6) is 0 Å². The maximum Gasteiger partial charge on any atom is 0.255 e. The summed E-state index contributed by atoms with van der Waals surface area (Å²) in [6, 6.07) is 9.98.